The molecule has 2 N–H and O–H groups in total. The fourth-order valence-corrected chi connectivity index (χ4v) is 3.63. The van der Waals surface area contributed by atoms with E-state index >= 15 is 0 Å². The highest BCUT2D eigenvalue weighted by atomic mass is 16.5. The zero-order chi connectivity index (χ0) is 18.7. The summed E-state index contributed by atoms with van der Waals surface area (Å²) < 4.78 is 11.0. The quantitative estimate of drug-likeness (QED) is 0.403. The first-order chi connectivity index (χ1) is 12.7. The molecule has 0 aliphatic carbocycles. The molecule has 0 saturated carbocycles. The molecule has 5 heteroatoms. The molecule has 0 bridgehead atoms. The van der Waals surface area contributed by atoms with Crippen LogP contribution in [0.25, 0.3) is 0 Å². The minimum atomic E-state index is 0.107. The SMILES string of the molecule is CCOCCCCNC(=NC)NCC1(c2ccccc2C)CCOCC1. The number of nitrogens with one attached hydrogen (secondary N) is 2. The maximum absolute atomic E-state index is 5.65. The smallest absolute Gasteiger partial charge is 0.191 e. The molecule has 1 aliphatic rings. The Labute approximate surface area is 158 Å². The van der Waals surface area contributed by atoms with E-state index in [9.17, 15) is 0 Å². The van der Waals surface area contributed by atoms with E-state index in [1.807, 2.05) is 14.0 Å². The second-order valence-electron chi connectivity index (χ2n) is 6.96. The molecule has 146 valence electrons. The van der Waals surface area contributed by atoms with E-state index in [0.29, 0.717) is 0 Å². The van der Waals surface area contributed by atoms with Gasteiger partial charge < -0.3 is 20.1 Å². The maximum Gasteiger partial charge on any atom is 0.191 e. The summed E-state index contributed by atoms with van der Waals surface area (Å²) in [6.07, 6.45) is 4.23. The summed E-state index contributed by atoms with van der Waals surface area (Å²) in [7, 11) is 1.83. The Hall–Kier alpha value is -1.59. The first kappa shape index (κ1) is 20.7. The highest BCUT2D eigenvalue weighted by Crippen LogP contribution is 2.36. The van der Waals surface area contributed by atoms with Gasteiger partial charge in [-0.3, -0.25) is 4.99 Å². The minimum absolute atomic E-state index is 0.107. The molecule has 1 heterocycles. The first-order valence-electron chi connectivity index (χ1n) is 9.88. The highest BCUT2D eigenvalue weighted by molar-refractivity contribution is 5.79. The zero-order valence-corrected chi connectivity index (χ0v) is 16.6. The van der Waals surface area contributed by atoms with Crippen molar-refractivity contribution in [2.24, 2.45) is 4.99 Å². The normalized spacial score (nSPS) is 17.1. The molecule has 0 unspecified atom stereocenters. The van der Waals surface area contributed by atoms with Gasteiger partial charge in [-0.05, 0) is 50.7 Å². The largest absolute Gasteiger partial charge is 0.382 e. The van der Waals surface area contributed by atoms with Gasteiger partial charge in [-0.15, -0.1) is 0 Å². The Morgan fingerprint density at radius 3 is 2.65 bits per heavy atom. The summed E-state index contributed by atoms with van der Waals surface area (Å²) in [5.74, 6) is 0.876. The molecule has 0 atom stereocenters. The van der Waals surface area contributed by atoms with Gasteiger partial charge in [0.15, 0.2) is 5.96 Å². The molecule has 5 nitrogen and oxygen atoms in total. The molecule has 1 saturated heterocycles. The molecule has 1 aliphatic heterocycles. The van der Waals surface area contributed by atoms with Gasteiger partial charge in [0.05, 0.1) is 0 Å². The Morgan fingerprint density at radius 2 is 1.96 bits per heavy atom. The van der Waals surface area contributed by atoms with E-state index in [-0.39, 0.29) is 5.41 Å². The van der Waals surface area contributed by atoms with Crippen LogP contribution in [0.1, 0.15) is 43.7 Å². The summed E-state index contributed by atoms with van der Waals surface area (Å²) in [5.41, 5.74) is 2.90. The van der Waals surface area contributed by atoms with E-state index in [1.54, 1.807) is 0 Å². The fraction of sp³-hybridized carbons (Fsp3) is 0.667. The van der Waals surface area contributed by atoms with Crippen molar-refractivity contribution in [3.05, 3.63) is 35.4 Å². The van der Waals surface area contributed by atoms with Crippen molar-refractivity contribution in [2.45, 2.75) is 44.9 Å². The molecule has 0 radical (unpaired) electrons. The van der Waals surface area contributed by atoms with E-state index in [0.717, 1.165) is 71.2 Å². The van der Waals surface area contributed by atoms with Crippen LogP contribution in [-0.4, -0.2) is 52.5 Å². The van der Waals surface area contributed by atoms with Crippen LogP contribution in [0.3, 0.4) is 0 Å². The van der Waals surface area contributed by atoms with Crippen LogP contribution in [0.15, 0.2) is 29.3 Å². The second kappa shape index (κ2) is 11.2. The number of hydrogen-bond acceptors (Lipinski definition) is 3. The summed E-state index contributed by atoms with van der Waals surface area (Å²) in [4.78, 5) is 4.39. The Bertz CT molecular complexity index is 554. The third-order valence-electron chi connectivity index (χ3n) is 5.20. The van der Waals surface area contributed by atoms with E-state index < -0.39 is 0 Å². The predicted octanol–water partition coefficient (Wildman–Crippen LogP) is 3.02. The van der Waals surface area contributed by atoms with Crippen LogP contribution in [0.2, 0.25) is 0 Å². The molecule has 0 spiro atoms. The summed E-state index contributed by atoms with van der Waals surface area (Å²) >= 11 is 0. The van der Waals surface area contributed by atoms with Gasteiger partial charge in [0.1, 0.15) is 0 Å². The number of hydrogen-bond donors (Lipinski definition) is 2. The van der Waals surface area contributed by atoms with Gasteiger partial charge in [0, 0.05) is 52.0 Å². The lowest BCUT2D eigenvalue weighted by Gasteiger charge is -2.39. The third kappa shape index (κ3) is 5.99. The van der Waals surface area contributed by atoms with Crippen molar-refractivity contribution >= 4 is 5.96 Å². The van der Waals surface area contributed by atoms with Gasteiger partial charge in [-0.25, -0.2) is 0 Å². The van der Waals surface area contributed by atoms with Gasteiger partial charge in [0.25, 0.3) is 0 Å². The average molecular weight is 362 g/mol. The minimum Gasteiger partial charge on any atom is -0.382 e. The standard InChI is InChI=1S/C21H35N3O2/c1-4-25-14-8-7-13-23-20(22-3)24-17-21(11-15-26-16-12-21)19-10-6-5-9-18(19)2/h5-6,9-10H,4,7-8,11-17H2,1-3H3,(H2,22,23,24). The fourth-order valence-electron chi connectivity index (χ4n) is 3.63. The molecule has 1 aromatic rings. The molecule has 0 amide bonds. The van der Waals surface area contributed by atoms with Crippen molar-refractivity contribution in [3.8, 4) is 0 Å². The van der Waals surface area contributed by atoms with Gasteiger partial charge in [-0.1, -0.05) is 24.3 Å². The monoisotopic (exact) mass is 361 g/mol. The van der Waals surface area contributed by atoms with Crippen LogP contribution < -0.4 is 10.6 Å². The van der Waals surface area contributed by atoms with Crippen molar-refractivity contribution in [2.75, 3.05) is 46.6 Å². The first-order valence-corrected chi connectivity index (χ1v) is 9.88. The maximum atomic E-state index is 5.65. The Balaban J connectivity index is 1.91. The molecule has 1 fully saturated rings. The van der Waals surface area contributed by atoms with Crippen molar-refractivity contribution < 1.29 is 9.47 Å². The van der Waals surface area contributed by atoms with Crippen molar-refractivity contribution in [1.82, 2.24) is 10.6 Å². The molecular weight excluding hydrogens is 326 g/mol. The lowest BCUT2D eigenvalue weighted by molar-refractivity contribution is 0.0512. The van der Waals surface area contributed by atoms with Crippen LogP contribution in [-0.2, 0) is 14.9 Å². The topological polar surface area (TPSA) is 54.9 Å². The number of nitrogens with zero attached hydrogens (tertiary/aromatic N) is 1. The zero-order valence-electron chi connectivity index (χ0n) is 16.6. The van der Waals surface area contributed by atoms with E-state index in [2.05, 4.69) is 46.8 Å². The van der Waals surface area contributed by atoms with Crippen LogP contribution in [0.4, 0.5) is 0 Å². The highest BCUT2D eigenvalue weighted by Gasteiger charge is 2.35. The Morgan fingerprint density at radius 1 is 1.19 bits per heavy atom. The molecular formula is C21H35N3O2. The van der Waals surface area contributed by atoms with E-state index in [1.165, 1.54) is 11.1 Å². The van der Waals surface area contributed by atoms with Crippen LogP contribution in [0, 0.1) is 6.92 Å². The second-order valence-corrected chi connectivity index (χ2v) is 6.96. The number of aryl methyl sites for hydroxylation is 1. The van der Waals surface area contributed by atoms with Gasteiger partial charge >= 0.3 is 0 Å². The predicted molar refractivity (Wildman–Crippen MR) is 108 cm³/mol. The number of aliphatic imine (C=N–C) groups is 1. The lowest BCUT2D eigenvalue weighted by Crippen LogP contribution is -2.48. The van der Waals surface area contributed by atoms with E-state index in [4.69, 9.17) is 9.47 Å². The average Bonchev–Trinajstić information content (AvgIpc) is 2.68. The van der Waals surface area contributed by atoms with Crippen molar-refractivity contribution in [3.63, 3.8) is 0 Å². The number of guanidine groups is 1. The third-order valence-corrected chi connectivity index (χ3v) is 5.20. The summed E-state index contributed by atoms with van der Waals surface area (Å²) in [5, 5.41) is 6.98. The Kier molecular flexibility index (Phi) is 8.92. The number of unbranched alkanes of at least 4 members (excludes halogenated alkanes) is 1. The lowest BCUT2D eigenvalue weighted by atomic mass is 9.72. The van der Waals surface area contributed by atoms with Gasteiger partial charge in [0.2, 0.25) is 0 Å². The number of benzene rings is 1. The van der Waals surface area contributed by atoms with Gasteiger partial charge in [-0.2, -0.15) is 0 Å². The number of ether oxygens (including phenoxy) is 2. The molecule has 0 aromatic heterocycles. The van der Waals surface area contributed by atoms with Crippen molar-refractivity contribution in [1.29, 1.82) is 0 Å². The summed E-state index contributed by atoms with van der Waals surface area (Å²) in [6.45, 7) is 9.29. The number of rotatable bonds is 9. The van der Waals surface area contributed by atoms with Crippen LogP contribution in [0.5, 0.6) is 0 Å². The molecule has 1 aromatic carbocycles. The molecule has 26 heavy (non-hydrogen) atoms. The van der Waals surface area contributed by atoms with Crippen LogP contribution >= 0.6 is 0 Å². The summed E-state index contributed by atoms with van der Waals surface area (Å²) in [6, 6.07) is 8.73. The molecule has 2 rings (SSSR count).